The minimum Gasteiger partial charge on any atom is -0.147 e. The van der Waals surface area contributed by atoms with Crippen molar-refractivity contribution in [1.29, 1.82) is 0 Å². The van der Waals surface area contributed by atoms with E-state index in [2.05, 4.69) is 111 Å². The van der Waals surface area contributed by atoms with E-state index in [1.165, 1.54) is 44.5 Å². The molecule has 0 saturated heterocycles. The van der Waals surface area contributed by atoms with E-state index in [0.717, 1.165) is 10.6 Å². The fourth-order valence-electron chi connectivity index (χ4n) is 6.80. The SMILES string of the molecule is CC[CH2][Hf](=[SiH2])([Cl])([CH]1c2ccccc2-c2ccccc21)[CH]1c2ccccc2-c2ccccc21.Cl.Cl. The van der Waals surface area contributed by atoms with Crippen LogP contribution in [-0.4, -0.2) is 6.94 Å². The predicted molar refractivity (Wildman–Crippen MR) is 151 cm³/mol. The van der Waals surface area contributed by atoms with Gasteiger partial charge in [-0.15, -0.1) is 24.8 Å². The fraction of sp³-hybridized carbons (Fsp3) is 0.172. The zero-order valence-electron chi connectivity index (χ0n) is 19.2. The molecule has 0 atom stereocenters. The Morgan fingerprint density at radius 3 is 1.12 bits per heavy atom. The first kappa shape index (κ1) is 25.9. The molecular weight excluding hydrogens is 661 g/mol. The van der Waals surface area contributed by atoms with Gasteiger partial charge in [-0.1, -0.05) is 0 Å². The zero-order chi connectivity index (χ0) is 21.9. The molecule has 0 bridgehead atoms. The van der Waals surface area contributed by atoms with Gasteiger partial charge in [0.2, 0.25) is 0 Å². The van der Waals surface area contributed by atoms with Gasteiger partial charge in [0.25, 0.3) is 0 Å². The Labute approximate surface area is 221 Å². The minimum absolute atomic E-state index is 0. The largest absolute Gasteiger partial charge is 0.147 e. The quantitative estimate of drug-likeness (QED) is 0.188. The van der Waals surface area contributed by atoms with Crippen LogP contribution in [0.4, 0.5) is 0 Å². The minimum atomic E-state index is -4.26. The average Bonchev–Trinajstić information content (AvgIpc) is 3.34. The normalized spacial score (nSPS) is 14.3. The Bertz CT molecular complexity index is 1250. The zero-order valence-corrected chi connectivity index (χ0v) is 26.6. The molecule has 5 heteroatoms. The molecule has 0 amide bonds. The molecule has 0 heterocycles. The van der Waals surface area contributed by atoms with Gasteiger partial charge in [-0.05, 0) is 0 Å². The summed E-state index contributed by atoms with van der Waals surface area (Å²) in [7, 11) is 8.45. The molecule has 6 rings (SSSR count). The maximum Gasteiger partial charge on any atom is -0.147 e. The standard InChI is InChI=1S/2C13H9.C3H7.3ClH.Hf.H2Si/c2*1-3-7-12-10(5-1)9-11-6-2-4-8-13(11)12;1-3-2;;;;;/h2*1-9H;1,3H2,2H3;3*1H;;1H2/q;;;;;;+1;/p-1. The molecule has 0 aromatic heterocycles. The smallest absolute Gasteiger partial charge is 0.147 e. The van der Waals surface area contributed by atoms with E-state index in [1.54, 1.807) is 0 Å². The van der Waals surface area contributed by atoms with Crippen LogP contribution in [0, 0.1) is 0 Å². The van der Waals surface area contributed by atoms with Crippen molar-refractivity contribution in [2.24, 2.45) is 0 Å². The van der Waals surface area contributed by atoms with Gasteiger partial charge in [0.05, 0.1) is 0 Å². The topological polar surface area (TPSA) is 0 Å². The van der Waals surface area contributed by atoms with E-state index >= 15 is 0 Å². The monoisotopic (exact) mass is 690 g/mol. The molecular formula is C29H29Cl3HfSi. The molecule has 2 aliphatic rings. The molecule has 0 spiro atoms. The van der Waals surface area contributed by atoms with E-state index in [0.29, 0.717) is 7.35 Å². The Hall–Kier alpha value is -1.16. The summed E-state index contributed by atoms with van der Waals surface area (Å²) in [6, 6.07) is 36.1. The van der Waals surface area contributed by atoms with Crippen LogP contribution >= 0.6 is 33.4 Å². The van der Waals surface area contributed by atoms with Crippen LogP contribution in [0.3, 0.4) is 0 Å². The third kappa shape index (κ3) is 3.56. The van der Waals surface area contributed by atoms with Crippen molar-refractivity contribution >= 4 is 40.3 Å². The third-order valence-electron chi connectivity index (χ3n) is 7.85. The molecule has 2 aliphatic carbocycles. The van der Waals surface area contributed by atoms with Gasteiger partial charge in [0, 0.05) is 0 Å². The first-order chi connectivity index (χ1) is 15.5. The molecule has 0 unspecified atom stereocenters. The van der Waals surface area contributed by atoms with Crippen LogP contribution in [0.2, 0.25) is 4.18 Å². The van der Waals surface area contributed by atoms with E-state index in [1.807, 2.05) is 0 Å². The summed E-state index contributed by atoms with van der Waals surface area (Å²) < 4.78 is 1.82. The number of benzene rings is 4. The second-order valence-electron chi connectivity index (χ2n) is 9.68. The average molecular weight is 690 g/mol. The van der Waals surface area contributed by atoms with Crippen LogP contribution in [0.25, 0.3) is 22.3 Å². The molecule has 4 aromatic carbocycles. The molecule has 0 radical (unpaired) electrons. The fourth-order valence-corrected chi connectivity index (χ4v) is 43.8. The van der Waals surface area contributed by atoms with Crippen LogP contribution < -0.4 is 0 Å². The summed E-state index contributed by atoms with van der Waals surface area (Å²) in [5.41, 5.74) is 11.4. The van der Waals surface area contributed by atoms with Crippen LogP contribution in [0.15, 0.2) is 97.1 Å². The van der Waals surface area contributed by atoms with Crippen LogP contribution in [0.1, 0.15) is 42.9 Å². The maximum absolute atomic E-state index is 8.45. The summed E-state index contributed by atoms with van der Waals surface area (Å²) in [5.74, 6) is 0. The number of halogens is 3. The predicted octanol–water partition coefficient (Wildman–Crippen LogP) is 8.59. The number of rotatable bonds is 4. The second kappa shape index (κ2) is 9.37. The van der Waals surface area contributed by atoms with Gasteiger partial charge in [0.15, 0.2) is 0 Å². The van der Waals surface area contributed by atoms with E-state index < -0.39 is 15.9 Å². The third-order valence-corrected chi connectivity index (χ3v) is 42.7. The van der Waals surface area contributed by atoms with Crippen molar-refractivity contribution in [2.75, 3.05) is 0 Å². The summed E-state index contributed by atoms with van der Waals surface area (Å²) in [4.78, 5) is 0. The Morgan fingerprint density at radius 1 is 0.588 bits per heavy atom. The van der Waals surface area contributed by atoms with Crippen molar-refractivity contribution in [2.45, 2.75) is 24.9 Å². The van der Waals surface area contributed by atoms with Gasteiger partial charge in [-0.2, -0.15) is 0 Å². The van der Waals surface area contributed by atoms with Gasteiger partial charge in [-0.3, -0.25) is 0 Å². The second-order valence-corrected chi connectivity index (χ2v) is 53.3. The van der Waals surface area contributed by atoms with E-state index in [9.17, 15) is 0 Å². The van der Waals surface area contributed by atoms with E-state index in [-0.39, 0.29) is 24.8 Å². The molecule has 0 fully saturated rings. The van der Waals surface area contributed by atoms with Gasteiger partial charge in [0.1, 0.15) is 0 Å². The first-order valence-corrected chi connectivity index (χ1v) is 31.1. The number of fused-ring (bicyclic) bond motifs is 6. The van der Waals surface area contributed by atoms with Gasteiger partial charge < -0.3 is 0 Å². The van der Waals surface area contributed by atoms with Crippen molar-refractivity contribution in [3.8, 4) is 22.3 Å². The summed E-state index contributed by atoms with van der Waals surface area (Å²) in [6.07, 6.45) is 1.13. The van der Waals surface area contributed by atoms with Crippen molar-refractivity contribution in [1.82, 2.24) is 0 Å². The van der Waals surface area contributed by atoms with Crippen molar-refractivity contribution in [3.63, 3.8) is 0 Å². The number of hydrogen-bond acceptors (Lipinski definition) is 0. The van der Waals surface area contributed by atoms with E-state index in [4.69, 9.17) is 8.58 Å². The van der Waals surface area contributed by atoms with Crippen molar-refractivity contribution in [3.05, 3.63) is 119 Å². The molecule has 0 nitrogen and oxygen atoms in total. The molecule has 0 saturated carbocycles. The van der Waals surface area contributed by atoms with Crippen molar-refractivity contribution < 1.29 is 15.9 Å². The molecule has 0 aliphatic heterocycles. The molecule has 4 aromatic rings. The van der Waals surface area contributed by atoms with Gasteiger partial charge in [-0.25, -0.2) is 0 Å². The molecule has 34 heavy (non-hydrogen) atoms. The summed E-state index contributed by atoms with van der Waals surface area (Å²) >= 11 is -4.26. The van der Waals surface area contributed by atoms with Gasteiger partial charge >= 0.3 is 198 Å². The van der Waals surface area contributed by atoms with Crippen LogP contribution in [0.5, 0.6) is 0 Å². The number of hydrogen-bond donors (Lipinski definition) is 0. The summed E-state index contributed by atoms with van der Waals surface area (Å²) in [5, 5.41) is 0. The first-order valence-electron chi connectivity index (χ1n) is 11.6. The Kier molecular flexibility index (Phi) is 7.14. The Morgan fingerprint density at radius 2 is 0.853 bits per heavy atom. The maximum atomic E-state index is 8.45. The summed E-state index contributed by atoms with van der Waals surface area (Å²) in [6.45, 7) is 4.59. The Balaban J connectivity index is 0.00000137. The van der Waals surface area contributed by atoms with Crippen LogP contribution in [-0.2, 0) is 15.9 Å². The molecule has 174 valence electrons. The molecule has 0 N–H and O–H groups in total.